The average Bonchev–Trinajstić information content (AvgIpc) is 3.10. The molecular formula is C21H15BrN2O3. The van der Waals surface area contributed by atoms with E-state index < -0.39 is 0 Å². The third-order valence-electron chi connectivity index (χ3n) is 4.05. The van der Waals surface area contributed by atoms with Gasteiger partial charge in [0.15, 0.2) is 17.1 Å². The molecule has 1 N–H and O–H groups in total. The third-order valence-corrected chi connectivity index (χ3v) is 4.54. The molecule has 0 spiro atoms. The van der Waals surface area contributed by atoms with Gasteiger partial charge in [-0.05, 0) is 48.5 Å². The SMILES string of the molecule is COc1cccc(C=Nc2ccc3oc(-c4cccc(Br)c4)nc3c2)c1O. The van der Waals surface area contributed by atoms with Crippen LogP contribution in [0.5, 0.6) is 11.5 Å². The molecule has 0 radical (unpaired) electrons. The van der Waals surface area contributed by atoms with E-state index in [2.05, 4.69) is 25.9 Å². The lowest BCUT2D eigenvalue weighted by Gasteiger charge is -2.04. The Kier molecular flexibility index (Phi) is 4.64. The van der Waals surface area contributed by atoms with Crippen molar-refractivity contribution in [2.24, 2.45) is 4.99 Å². The van der Waals surface area contributed by atoms with Crippen LogP contribution in [-0.2, 0) is 0 Å². The van der Waals surface area contributed by atoms with E-state index in [1.807, 2.05) is 42.5 Å². The number of oxazole rings is 1. The zero-order valence-electron chi connectivity index (χ0n) is 14.4. The van der Waals surface area contributed by atoms with Gasteiger partial charge >= 0.3 is 0 Å². The molecule has 0 saturated carbocycles. The highest BCUT2D eigenvalue weighted by molar-refractivity contribution is 9.10. The summed E-state index contributed by atoms with van der Waals surface area (Å²) in [5.41, 5.74) is 3.58. The molecule has 0 bridgehead atoms. The Bertz CT molecular complexity index is 1150. The second kappa shape index (κ2) is 7.25. The van der Waals surface area contributed by atoms with E-state index in [9.17, 15) is 5.11 Å². The van der Waals surface area contributed by atoms with Gasteiger partial charge < -0.3 is 14.3 Å². The Hall–Kier alpha value is -3.12. The van der Waals surface area contributed by atoms with E-state index >= 15 is 0 Å². The van der Waals surface area contributed by atoms with Crippen molar-refractivity contribution in [1.82, 2.24) is 4.98 Å². The summed E-state index contributed by atoms with van der Waals surface area (Å²) >= 11 is 3.46. The van der Waals surface area contributed by atoms with Gasteiger partial charge in [-0.15, -0.1) is 0 Å². The fourth-order valence-corrected chi connectivity index (χ4v) is 3.09. The number of benzene rings is 3. The summed E-state index contributed by atoms with van der Waals surface area (Å²) in [5.74, 6) is 1.02. The molecule has 6 heteroatoms. The van der Waals surface area contributed by atoms with Crippen LogP contribution in [0, 0.1) is 0 Å². The zero-order chi connectivity index (χ0) is 18.8. The number of phenolic OH excluding ortho intramolecular Hbond substituents is 1. The van der Waals surface area contributed by atoms with Crippen molar-refractivity contribution in [3.63, 3.8) is 0 Å². The summed E-state index contributed by atoms with van der Waals surface area (Å²) in [4.78, 5) is 8.98. The lowest BCUT2D eigenvalue weighted by Crippen LogP contribution is -1.88. The van der Waals surface area contributed by atoms with Crippen LogP contribution in [0.3, 0.4) is 0 Å². The number of methoxy groups -OCH3 is 1. The third kappa shape index (κ3) is 3.57. The van der Waals surface area contributed by atoms with Crippen LogP contribution >= 0.6 is 15.9 Å². The second-order valence-corrected chi connectivity index (χ2v) is 6.75. The van der Waals surface area contributed by atoms with Gasteiger partial charge in [0.1, 0.15) is 5.52 Å². The number of halogens is 1. The fourth-order valence-electron chi connectivity index (χ4n) is 2.69. The molecule has 0 saturated heterocycles. The van der Waals surface area contributed by atoms with E-state index in [-0.39, 0.29) is 5.75 Å². The van der Waals surface area contributed by atoms with Gasteiger partial charge in [-0.25, -0.2) is 4.98 Å². The highest BCUT2D eigenvalue weighted by Gasteiger charge is 2.09. The Morgan fingerprint density at radius 2 is 1.96 bits per heavy atom. The van der Waals surface area contributed by atoms with Crippen molar-refractivity contribution in [2.75, 3.05) is 7.11 Å². The molecule has 0 aliphatic carbocycles. The van der Waals surface area contributed by atoms with E-state index in [1.165, 1.54) is 7.11 Å². The van der Waals surface area contributed by atoms with Gasteiger partial charge in [0.25, 0.3) is 0 Å². The molecular weight excluding hydrogens is 408 g/mol. The number of para-hydroxylation sites is 1. The number of hydrogen-bond acceptors (Lipinski definition) is 5. The quantitative estimate of drug-likeness (QED) is 0.426. The van der Waals surface area contributed by atoms with Crippen LogP contribution in [-0.4, -0.2) is 23.4 Å². The first kappa shape index (κ1) is 17.3. The topological polar surface area (TPSA) is 67.9 Å². The molecule has 0 fully saturated rings. The standard InChI is InChI=1S/C21H15BrN2O3/c1-26-19-7-3-5-14(20(19)25)12-23-16-8-9-18-17(11-16)24-21(27-18)13-4-2-6-15(22)10-13/h2-12,25H,1H3. The molecule has 4 aromatic rings. The number of hydrogen-bond donors (Lipinski definition) is 1. The molecule has 0 aliphatic rings. The number of nitrogens with zero attached hydrogens (tertiary/aromatic N) is 2. The van der Waals surface area contributed by atoms with Gasteiger partial charge in [0.2, 0.25) is 5.89 Å². The van der Waals surface area contributed by atoms with Crippen LogP contribution < -0.4 is 4.74 Å². The van der Waals surface area contributed by atoms with E-state index in [0.717, 1.165) is 15.6 Å². The molecule has 1 heterocycles. The van der Waals surface area contributed by atoms with Crippen molar-refractivity contribution in [2.45, 2.75) is 0 Å². The summed E-state index contributed by atoms with van der Waals surface area (Å²) in [6, 6.07) is 18.6. The molecule has 4 rings (SSSR count). The van der Waals surface area contributed by atoms with Gasteiger partial charge in [-0.1, -0.05) is 28.1 Å². The predicted octanol–water partition coefficient (Wildman–Crippen LogP) is 5.72. The number of aromatic nitrogens is 1. The minimum Gasteiger partial charge on any atom is -0.504 e. The van der Waals surface area contributed by atoms with Crippen molar-refractivity contribution in [3.8, 4) is 23.0 Å². The highest BCUT2D eigenvalue weighted by atomic mass is 79.9. The monoisotopic (exact) mass is 422 g/mol. The normalized spacial score (nSPS) is 11.3. The number of aliphatic imine (C=N–C) groups is 1. The van der Waals surface area contributed by atoms with E-state index in [1.54, 1.807) is 24.4 Å². The first-order chi connectivity index (χ1) is 13.1. The van der Waals surface area contributed by atoms with Gasteiger partial charge in [0.05, 0.1) is 12.8 Å². The van der Waals surface area contributed by atoms with Crippen molar-refractivity contribution >= 4 is 38.9 Å². The van der Waals surface area contributed by atoms with Gasteiger partial charge in [-0.2, -0.15) is 0 Å². The summed E-state index contributed by atoms with van der Waals surface area (Å²) in [6.45, 7) is 0. The summed E-state index contributed by atoms with van der Waals surface area (Å²) in [5, 5.41) is 10.1. The Labute approximate surface area is 164 Å². The van der Waals surface area contributed by atoms with Crippen molar-refractivity contribution in [1.29, 1.82) is 0 Å². The maximum Gasteiger partial charge on any atom is 0.227 e. The van der Waals surface area contributed by atoms with Gasteiger partial charge in [0, 0.05) is 21.8 Å². The predicted molar refractivity (Wildman–Crippen MR) is 109 cm³/mol. The molecule has 0 unspecified atom stereocenters. The maximum absolute atomic E-state index is 10.1. The summed E-state index contributed by atoms with van der Waals surface area (Å²) < 4.78 is 11.9. The maximum atomic E-state index is 10.1. The van der Waals surface area contributed by atoms with Crippen molar-refractivity contribution in [3.05, 3.63) is 70.7 Å². The molecule has 27 heavy (non-hydrogen) atoms. The number of fused-ring (bicyclic) bond motifs is 1. The Morgan fingerprint density at radius 1 is 1.11 bits per heavy atom. The molecule has 5 nitrogen and oxygen atoms in total. The first-order valence-corrected chi connectivity index (χ1v) is 9.00. The Balaban J connectivity index is 1.66. The number of phenols is 1. The smallest absolute Gasteiger partial charge is 0.227 e. The second-order valence-electron chi connectivity index (χ2n) is 5.84. The minimum atomic E-state index is 0.0585. The molecule has 0 amide bonds. The van der Waals surface area contributed by atoms with Crippen molar-refractivity contribution < 1.29 is 14.3 Å². The Morgan fingerprint density at radius 3 is 2.78 bits per heavy atom. The summed E-state index contributed by atoms with van der Waals surface area (Å²) in [7, 11) is 1.51. The van der Waals surface area contributed by atoms with Crippen LogP contribution in [0.2, 0.25) is 0 Å². The van der Waals surface area contributed by atoms with Crippen LogP contribution in [0.25, 0.3) is 22.6 Å². The van der Waals surface area contributed by atoms with E-state index in [0.29, 0.717) is 28.5 Å². The number of ether oxygens (including phenoxy) is 1. The fraction of sp³-hybridized carbons (Fsp3) is 0.0476. The first-order valence-electron chi connectivity index (χ1n) is 8.20. The van der Waals surface area contributed by atoms with Crippen LogP contribution in [0.1, 0.15) is 5.56 Å². The zero-order valence-corrected chi connectivity index (χ0v) is 16.0. The number of rotatable bonds is 4. The van der Waals surface area contributed by atoms with E-state index in [4.69, 9.17) is 9.15 Å². The number of aromatic hydroxyl groups is 1. The summed E-state index contributed by atoms with van der Waals surface area (Å²) in [6.07, 6.45) is 1.59. The lowest BCUT2D eigenvalue weighted by molar-refractivity contribution is 0.373. The largest absolute Gasteiger partial charge is 0.504 e. The lowest BCUT2D eigenvalue weighted by atomic mass is 10.2. The molecule has 1 aromatic heterocycles. The average molecular weight is 423 g/mol. The highest BCUT2D eigenvalue weighted by Crippen LogP contribution is 2.30. The molecule has 0 aliphatic heterocycles. The molecule has 0 atom stereocenters. The molecule has 134 valence electrons. The van der Waals surface area contributed by atoms with Crippen LogP contribution in [0.15, 0.2) is 74.5 Å². The molecule has 3 aromatic carbocycles. The van der Waals surface area contributed by atoms with Crippen LogP contribution in [0.4, 0.5) is 5.69 Å². The minimum absolute atomic E-state index is 0.0585. The van der Waals surface area contributed by atoms with Gasteiger partial charge in [-0.3, -0.25) is 4.99 Å².